The molecule has 4 unspecified atom stereocenters. The molecule has 4 atom stereocenters. The molecule has 4 N–H and O–H groups in total. The predicted octanol–water partition coefficient (Wildman–Crippen LogP) is 27.4. The molecule has 0 saturated carbocycles. The smallest absolute Gasteiger partial charge is 0.106 e. The standard InChI is InChI=1S/C42H30N2.C34H20N2S.C16H11N2.C11H9N2.2C5H12O2.2Ir/c1-4-12-31(13-5-1)32-20-25-37(26-21-32)43(35-14-6-2-7-15-35)38-27-22-33(23-28-38)34-24-29-42-40(30-34)39-18-10-11-19-41(39)44(42)36-16-8-3-9-17-36;1-3-14-27-24(11-1)25-12-2-4-15-28(25)33-32(27)35-20-30(36-33)22-10-7-9-21(19-22)23-16-8-17-29-26-13-5-6-18-31(26)37-34(23)29;1-3-7-13(8-4-1)15-11-16(18-12-17-15)14-9-5-2-6-10-14;1-9-7-11(13-8-12-9)10-5-3-2-4-6-10;2*1-4(6)3-5(2)7;;/h1-30H;1-20H;1-9,11-12H;2-5,7-8H,1H3;2*4-7H,3H2,1-2H3;;/q;;2*-1;;;;. The summed E-state index contributed by atoms with van der Waals surface area (Å²) in [5.41, 5.74) is 24.9. The summed E-state index contributed by atoms with van der Waals surface area (Å²) in [6.45, 7) is 8.59. The third-order valence-electron chi connectivity index (χ3n) is 21.6. The number of fused-ring (bicyclic) bond motifs is 12. The Hall–Kier alpha value is -13.5. The van der Waals surface area contributed by atoms with E-state index in [-0.39, 0.29) is 64.6 Å². The topological polar surface area (TPSA) is 166 Å². The summed E-state index contributed by atoms with van der Waals surface area (Å²) in [6, 6.07) is 142. The molecule has 5 heterocycles. The molecule has 0 amide bonds. The number of aryl methyl sites for hydroxylation is 1. The number of hydrogen-bond donors (Lipinski definition) is 4. The Morgan fingerprint density at radius 2 is 0.758 bits per heavy atom. The second kappa shape index (κ2) is 43.6. The fraction of sp³-hybridized carbons (Fsp3) is 0.0973. The zero-order chi connectivity index (χ0) is 86.7. The van der Waals surface area contributed by atoms with Gasteiger partial charge in [0.25, 0.3) is 0 Å². The Morgan fingerprint density at radius 3 is 1.34 bits per heavy atom. The second-order valence-corrected chi connectivity index (χ2v) is 32.1. The molecule has 128 heavy (non-hydrogen) atoms. The van der Waals surface area contributed by atoms with Crippen molar-refractivity contribution < 1.29 is 60.6 Å². The van der Waals surface area contributed by atoms with Crippen LogP contribution in [0.4, 0.5) is 17.1 Å². The fourth-order valence-corrected chi connectivity index (χ4v) is 17.1. The molecule has 636 valence electrons. The van der Waals surface area contributed by atoms with E-state index in [2.05, 4.69) is 339 Å². The molecule has 0 aliphatic rings. The summed E-state index contributed by atoms with van der Waals surface area (Å²) in [6.07, 6.45) is 4.53. The monoisotopic (exact) mass is 2040 g/mol. The van der Waals surface area contributed by atoms with Crippen LogP contribution in [0, 0.1) is 19.1 Å². The largest absolute Gasteiger partial charge is 0.393 e. The van der Waals surface area contributed by atoms with Gasteiger partial charge in [0.05, 0.1) is 64.1 Å². The molecule has 12 nitrogen and oxygen atoms in total. The normalized spacial score (nSPS) is 11.8. The van der Waals surface area contributed by atoms with Gasteiger partial charge in [-0.3, -0.25) is 15.0 Å². The third-order valence-corrected chi connectivity index (χ3v) is 22.8. The van der Waals surface area contributed by atoms with Crippen LogP contribution in [-0.2, 0) is 40.2 Å². The molecule has 5 aromatic heterocycles. The van der Waals surface area contributed by atoms with Gasteiger partial charge < -0.3 is 29.9 Å². The van der Waals surface area contributed by atoms with Crippen molar-refractivity contribution >= 4 is 103 Å². The van der Waals surface area contributed by atoms with Crippen molar-refractivity contribution in [3.63, 3.8) is 0 Å². The van der Waals surface area contributed by atoms with Crippen LogP contribution in [0.15, 0.2) is 407 Å². The minimum absolute atomic E-state index is 0. The van der Waals surface area contributed by atoms with Crippen LogP contribution in [0.25, 0.3) is 159 Å². The average molecular weight is 2040 g/mol. The second-order valence-electron chi connectivity index (χ2n) is 31.1. The Kier molecular flexibility index (Phi) is 30.9. The average Bonchev–Trinajstić information content (AvgIpc) is 1.53. The summed E-state index contributed by atoms with van der Waals surface area (Å²) in [7, 11) is 0. The molecule has 21 aromatic rings. The van der Waals surface area contributed by atoms with Crippen LogP contribution in [0.3, 0.4) is 0 Å². The maximum absolute atomic E-state index is 8.56. The number of aliphatic hydroxyl groups excluding tert-OH is 4. The summed E-state index contributed by atoms with van der Waals surface area (Å²) in [4.78, 5) is 29.3. The van der Waals surface area contributed by atoms with Crippen LogP contribution in [0.2, 0.25) is 0 Å². The van der Waals surface area contributed by atoms with E-state index in [4.69, 9.17) is 30.4 Å². The van der Waals surface area contributed by atoms with Crippen molar-refractivity contribution in [2.45, 2.75) is 71.9 Å². The zero-order valence-electron chi connectivity index (χ0n) is 71.3. The van der Waals surface area contributed by atoms with Crippen LogP contribution >= 0.6 is 11.3 Å². The summed E-state index contributed by atoms with van der Waals surface area (Å²) < 4.78 is 5.00. The molecule has 0 aliphatic carbocycles. The summed E-state index contributed by atoms with van der Waals surface area (Å²) in [5, 5.41) is 44.1. The molecule has 0 spiro atoms. The summed E-state index contributed by atoms with van der Waals surface area (Å²) >= 11 is 1.86. The van der Waals surface area contributed by atoms with Crippen molar-refractivity contribution in [1.29, 1.82) is 0 Å². The van der Waals surface area contributed by atoms with Gasteiger partial charge in [0.2, 0.25) is 0 Å². The van der Waals surface area contributed by atoms with E-state index >= 15 is 0 Å². The van der Waals surface area contributed by atoms with Gasteiger partial charge >= 0.3 is 0 Å². The Morgan fingerprint density at radius 1 is 0.320 bits per heavy atom. The molecule has 21 rings (SSSR count). The molecule has 0 aliphatic heterocycles. The van der Waals surface area contributed by atoms with Crippen LogP contribution < -0.4 is 4.90 Å². The zero-order valence-corrected chi connectivity index (χ0v) is 77.0. The van der Waals surface area contributed by atoms with Gasteiger partial charge in [-0.05, 0) is 187 Å². The van der Waals surface area contributed by atoms with E-state index in [0.717, 1.165) is 89.6 Å². The van der Waals surface area contributed by atoms with Crippen LogP contribution in [0.5, 0.6) is 0 Å². The molecule has 2 radical (unpaired) electrons. The van der Waals surface area contributed by atoms with E-state index < -0.39 is 0 Å². The SMILES string of the molecule is CC(O)CC(C)O.CC(O)CC(C)O.Cc1cc(-c2[c-]cccc2)ncn1.[Ir].[Ir].[c-]1ccccc1-c1cc(-c2ccccc2)ncn1.c1cc(-c2cnc3c4ccccc4c4ccccc4c3n2)cc(-c2cccc3c2sc2ccccc23)c1.c1ccc(-c2ccc(N(c3ccccc3)c3ccc(-c4ccc5c(c4)c4ccccc4n5-c4ccccc4)cc3)cc2)cc1. The number of aromatic nitrogens is 7. The maximum Gasteiger partial charge on any atom is 0.106 e. The number of aliphatic hydroxyl groups is 4. The van der Waals surface area contributed by atoms with Gasteiger partial charge in [-0.2, -0.15) is 0 Å². The van der Waals surface area contributed by atoms with Gasteiger partial charge in [-0.15, -0.1) is 83.1 Å². The van der Waals surface area contributed by atoms with Crippen molar-refractivity contribution in [2.24, 2.45) is 0 Å². The maximum atomic E-state index is 8.56. The fourth-order valence-electron chi connectivity index (χ4n) is 15.8. The Balaban J connectivity index is 0.000000140. The van der Waals surface area contributed by atoms with Crippen molar-refractivity contribution in [1.82, 2.24) is 34.5 Å². The predicted molar refractivity (Wildman–Crippen MR) is 523 cm³/mol. The van der Waals surface area contributed by atoms with Gasteiger partial charge in [-0.1, -0.05) is 261 Å². The summed E-state index contributed by atoms with van der Waals surface area (Å²) in [5.74, 6) is 0. The number of hydrogen-bond acceptors (Lipinski definition) is 12. The molecule has 15 heteroatoms. The van der Waals surface area contributed by atoms with Crippen LogP contribution in [-0.4, -0.2) is 79.3 Å². The first-order chi connectivity index (χ1) is 61.7. The quantitative estimate of drug-likeness (QED) is 0.0570. The molecular formula is C113H94Ir2N8O4S-2. The number of nitrogens with zero attached hydrogens (tertiary/aromatic N) is 8. The Bertz CT molecular complexity index is 7060. The van der Waals surface area contributed by atoms with E-state index in [1.807, 2.05) is 115 Å². The van der Waals surface area contributed by atoms with Gasteiger partial charge in [-0.25, -0.2) is 15.0 Å². The van der Waals surface area contributed by atoms with E-state index in [9.17, 15) is 0 Å². The molecule has 16 aromatic carbocycles. The van der Waals surface area contributed by atoms with Gasteiger partial charge in [0.15, 0.2) is 0 Å². The number of thiophene rings is 1. The van der Waals surface area contributed by atoms with E-state index in [0.29, 0.717) is 12.8 Å². The van der Waals surface area contributed by atoms with Crippen LogP contribution in [0.1, 0.15) is 46.2 Å². The van der Waals surface area contributed by atoms with Crippen molar-refractivity contribution in [3.8, 4) is 84.1 Å². The minimum Gasteiger partial charge on any atom is -0.393 e. The van der Waals surface area contributed by atoms with E-state index in [1.54, 1.807) is 40.3 Å². The number of para-hydroxylation sites is 3. The van der Waals surface area contributed by atoms with Gasteiger partial charge in [0.1, 0.15) is 12.7 Å². The first-order valence-electron chi connectivity index (χ1n) is 42.3. The molecule has 0 bridgehead atoms. The first-order valence-corrected chi connectivity index (χ1v) is 43.1. The third kappa shape index (κ3) is 21.9. The Labute approximate surface area is 777 Å². The minimum atomic E-state index is -0.375. The molecule has 0 saturated heterocycles. The van der Waals surface area contributed by atoms with E-state index in [1.165, 1.54) is 91.8 Å². The molecule has 0 fully saturated rings. The number of benzene rings is 16. The number of anilines is 3. The first kappa shape index (κ1) is 90.7. The van der Waals surface area contributed by atoms with Crippen molar-refractivity contribution in [3.05, 3.63) is 425 Å². The van der Waals surface area contributed by atoms with Gasteiger partial charge in [0, 0.05) is 116 Å². The number of rotatable bonds is 15. The van der Waals surface area contributed by atoms with Crippen molar-refractivity contribution in [2.75, 3.05) is 4.90 Å². The molecular weight excluding hydrogens is 1950 g/mol.